The highest BCUT2D eigenvalue weighted by molar-refractivity contribution is 7.98. The maximum absolute atomic E-state index is 6.03. The van der Waals surface area contributed by atoms with E-state index >= 15 is 0 Å². The van der Waals surface area contributed by atoms with Gasteiger partial charge in [0.25, 0.3) is 0 Å². The van der Waals surface area contributed by atoms with Gasteiger partial charge in [-0.3, -0.25) is 4.57 Å². The Morgan fingerprint density at radius 2 is 1.92 bits per heavy atom. The van der Waals surface area contributed by atoms with Crippen molar-refractivity contribution in [3.8, 4) is 17.1 Å². The lowest BCUT2D eigenvalue weighted by atomic mass is 10.2. The molecule has 0 atom stereocenters. The molecule has 0 aliphatic carbocycles. The largest absolute Gasteiger partial charge is 0.364 e. The first kappa shape index (κ1) is 16.9. The van der Waals surface area contributed by atoms with Crippen LogP contribution < -0.4 is 0 Å². The van der Waals surface area contributed by atoms with Crippen LogP contribution in [0.1, 0.15) is 11.3 Å². The summed E-state index contributed by atoms with van der Waals surface area (Å²) in [7, 11) is 0. The zero-order valence-electron chi connectivity index (χ0n) is 14.0. The molecular weight excluding hydrogens is 368 g/mol. The molecule has 0 saturated carbocycles. The van der Waals surface area contributed by atoms with Crippen LogP contribution in [0.4, 0.5) is 0 Å². The number of aryl methyl sites for hydroxylation is 1. The second kappa shape index (κ2) is 7.35. The van der Waals surface area contributed by atoms with Crippen molar-refractivity contribution in [3.05, 3.63) is 77.1 Å². The molecule has 2 aromatic carbocycles. The number of halogens is 1. The van der Waals surface area contributed by atoms with Crippen molar-refractivity contribution in [2.45, 2.75) is 17.8 Å². The summed E-state index contributed by atoms with van der Waals surface area (Å²) in [5.41, 5.74) is 4.01. The van der Waals surface area contributed by atoms with Gasteiger partial charge in [-0.05, 0) is 48.9 Å². The molecule has 0 spiro atoms. The van der Waals surface area contributed by atoms with E-state index in [1.807, 2.05) is 36.4 Å². The Bertz CT molecular complexity index is 1010. The first-order chi connectivity index (χ1) is 12.7. The van der Waals surface area contributed by atoms with E-state index in [1.54, 1.807) is 18.0 Å². The number of hydrogen-bond donors (Lipinski definition) is 0. The fraction of sp³-hybridized carbons (Fsp3) is 0.105. The summed E-state index contributed by atoms with van der Waals surface area (Å²) >= 11 is 7.59. The third-order valence-corrected chi connectivity index (χ3v) is 5.05. The van der Waals surface area contributed by atoms with E-state index in [2.05, 4.69) is 45.0 Å². The number of thioether (sulfide) groups is 1. The zero-order valence-corrected chi connectivity index (χ0v) is 15.5. The van der Waals surface area contributed by atoms with Gasteiger partial charge >= 0.3 is 0 Å². The van der Waals surface area contributed by atoms with Crippen LogP contribution in [-0.4, -0.2) is 19.9 Å². The van der Waals surface area contributed by atoms with Crippen molar-refractivity contribution in [3.63, 3.8) is 0 Å². The standard InChI is InChI=1S/C19H15ClN4OS/c1-13-3-2-4-17(11-13)24-18(14-5-7-15(20)8-6-14)21-22-19(24)26-12-16-9-10-25-23-16/h2-11H,12H2,1H3. The van der Waals surface area contributed by atoms with Crippen molar-refractivity contribution in [2.24, 2.45) is 0 Å². The van der Waals surface area contributed by atoms with Crippen molar-refractivity contribution in [2.75, 3.05) is 0 Å². The number of benzene rings is 2. The SMILES string of the molecule is Cc1cccc(-n2c(SCc3ccon3)nnc2-c2ccc(Cl)cc2)c1. The third-order valence-electron chi connectivity index (χ3n) is 3.84. The van der Waals surface area contributed by atoms with Gasteiger partial charge in [0.05, 0.1) is 5.69 Å². The molecule has 4 rings (SSSR count). The van der Waals surface area contributed by atoms with E-state index in [1.165, 1.54) is 5.56 Å². The van der Waals surface area contributed by atoms with Crippen molar-refractivity contribution in [1.82, 2.24) is 19.9 Å². The summed E-state index contributed by atoms with van der Waals surface area (Å²) in [5.74, 6) is 1.43. The lowest BCUT2D eigenvalue weighted by molar-refractivity contribution is 0.414. The maximum Gasteiger partial charge on any atom is 0.196 e. The molecule has 0 aliphatic heterocycles. The second-order valence-corrected chi connectivity index (χ2v) is 7.15. The van der Waals surface area contributed by atoms with Crippen LogP contribution in [0.3, 0.4) is 0 Å². The molecule has 0 radical (unpaired) electrons. The molecule has 2 aromatic heterocycles. The molecule has 0 unspecified atom stereocenters. The van der Waals surface area contributed by atoms with Crippen LogP contribution in [0.2, 0.25) is 5.02 Å². The summed E-state index contributed by atoms with van der Waals surface area (Å²) in [6, 6.07) is 17.7. The van der Waals surface area contributed by atoms with E-state index in [0.717, 1.165) is 27.9 Å². The molecule has 0 fully saturated rings. The molecule has 4 aromatic rings. The molecule has 5 nitrogen and oxygen atoms in total. The highest BCUT2D eigenvalue weighted by Gasteiger charge is 2.17. The number of hydrogen-bond acceptors (Lipinski definition) is 5. The minimum atomic E-state index is 0.654. The van der Waals surface area contributed by atoms with E-state index < -0.39 is 0 Å². The Labute approximate surface area is 160 Å². The van der Waals surface area contributed by atoms with Crippen LogP contribution in [0.15, 0.2) is 70.5 Å². The van der Waals surface area contributed by atoms with E-state index in [9.17, 15) is 0 Å². The Kier molecular flexibility index (Phi) is 4.77. The predicted octanol–water partition coefficient (Wildman–Crippen LogP) is 5.18. The highest BCUT2D eigenvalue weighted by atomic mass is 35.5. The van der Waals surface area contributed by atoms with Crippen LogP contribution >= 0.6 is 23.4 Å². The summed E-state index contributed by atoms with van der Waals surface area (Å²) < 4.78 is 6.96. The number of nitrogens with zero attached hydrogens (tertiary/aromatic N) is 4. The first-order valence-corrected chi connectivity index (χ1v) is 9.37. The van der Waals surface area contributed by atoms with Gasteiger partial charge in [-0.15, -0.1) is 10.2 Å². The average Bonchev–Trinajstić information content (AvgIpc) is 3.30. The highest BCUT2D eigenvalue weighted by Crippen LogP contribution is 2.30. The first-order valence-electron chi connectivity index (χ1n) is 8.01. The zero-order chi connectivity index (χ0) is 17.9. The Hall–Kier alpha value is -2.57. The third kappa shape index (κ3) is 3.52. The number of aromatic nitrogens is 4. The topological polar surface area (TPSA) is 56.7 Å². The van der Waals surface area contributed by atoms with Gasteiger partial charge in [0.15, 0.2) is 11.0 Å². The summed E-state index contributed by atoms with van der Waals surface area (Å²) in [5, 5.41) is 14.3. The van der Waals surface area contributed by atoms with Gasteiger partial charge in [-0.2, -0.15) is 0 Å². The minimum Gasteiger partial charge on any atom is -0.364 e. The van der Waals surface area contributed by atoms with E-state index in [-0.39, 0.29) is 0 Å². The Balaban J connectivity index is 1.77. The fourth-order valence-electron chi connectivity index (χ4n) is 2.60. The van der Waals surface area contributed by atoms with Crippen molar-refractivity contribution in [1.29, 1.82) is 0 Å². The predicted molar refractivity (Wildman–Crippen MR) is 103 cm³/mol. The van der Waals surface area contributed by atoms with Crippen LogP contribution in [0.5, 0.6) is 0 Å². The van der Waals surface area contributed by atoms with Gasteiger partial charge in [-0.25, -0.2) is 0 Å². The lowest BCUT2D eigenvalue weighted by Crippen LogP contribution is -2.00. The second-order valence-electron chi connectivity index (χ2n) is 5.77. The van der Waals surface area contributed by atoms with Gasteiger partial charge in [0.2, 0.25) is 0 Å². The molecule has 0 bridgehead atoms. The fourth-order valence-corrected chi connectivity index (χ4v) is 3.57. The van der Waals surface area contributed by atoms with Gasteiger partial charge in [0.1, 0.15) is 6.26 Å². The van der Waals surface area contributed by atoms with Gasteiger partial charge in [0, 0.05) is 28.1 Å². The van der Waals surface area contributed by atoms with E-state index in [4.69, 9.17) is 16.1 Å². The summed E-state index contributed by atoms with van der Waals surface area (Å²) in [6.07, 6.45) is 1.57. The summed E-state index contributed by atoms with van der Waals surface area (Å²) in [4.78, 5) is 0. The molecule has 130 valence electrons. The van der Waals surface area contributed by atoms with Gasteiger partial charge in [-0.1, -0.05) is 40.7 Å². The molecule has 0 aliphatic rings. The van der Waals surface area contributed by atoms with Crippen LogP contribution in [0, 0.1) is 6.92 Å². The average molecular weight is 383 g/mol. The van der Waals surface area contributed by atoms with Crippen LogP contribution in [-0.2, 0) is 5.75 Å². The molecule has 26 heavy (non-hydrogen) atoms. The molecular formula is C19H15ClN4OS. The molecule has 0 N–H and O–H groups in total. The maximum atomic E-state index is 6.03. The smallest absolute Gasteiger partial charge is 0.196 e. The molecule has 0 saturated heterocycles. The lowest BCUT2D eigenvalue weighted by Gasteiger charge is -2.11. The molecule has 2 heterocycles. The summed E-state index contributed by atoms with van der Waals surface area (Å²) in [6.45, 7) is 2.07. The molecule has 0 amide bonds. The Morgan fingerprint density at radius 1 is 1.08 bits per heavy atom. The monoisotopic (exact) mass is 382 g/mol. The van der Waals surface area contributed by atoms with E-state index in [0.29, 0.717) is 10.8 Å². The Morgan fingerprint density at radius 3 is 2.65 bits per heavy atom. The number of rotatable bonds is 5. The van der Waals surface area contributed by atoms with Crippen molar-refractivity contribution < 1.29 is 4.52 Å². The van der Waals surface area contributed by atoms with Gasteiger partial charge < -0.3 is 4.52 Å². The molecule has 7 heteroatoms. The van der Waals surface area contributed by atoms with Crippen LogP contribution in [0.25, 0.3) is 17.1 Å². The quantitative estimate of drug-likeness (QED) is 0.445. The van der Waals surface area contributed by atoms with Crippen molar-refractivity contribution >= 4 is 23.4 Å². The normalized spacial score (nSPS) is 11.0. The minimum absolute atomic E-state index is 0.654.